The highest BCUT2D eigenvalue weighted by molar-refractivity contribution is 7.11. The van der Waals surface area contributed by atoms with Crippen LogP contribution < -0.4 is 5.32 Å². The molecule has 1 rings (SSSR count). The number of nitrogens with one attached hydrogen (secondary N) is 1. The van der Waals surface area contributed by atoms with Crippen LogP contribution in [0, 0.1) is 0 Å². The highest BCUT2D eigenvalue weighted by Gasteiger charge is 2.10. The molecule has 0 aliphatic heterocycles. The summed E-state index contributed by atoms with van der Waals surface area (Å²) in [4.78, 5) is 4.88. The lowest BCUT2D eigenvalue weighted by Crippen LogP contribution is -2.34. The summed E-state index contributed by atoms with van der Waals surface area (Å²) in [5.74, 6) is 0. The first-order chi connectivity index (χ1) is 8.94. The minimum absolute atomic E-state index is 0.149. The molecule has 0 saturated carbocycles. The van der Waals surface area contributed by atoms with E-state index in [9.17, 15) is 0 Å². The number of rotatable bonds is 8. The van der Waals surface area contributed by atoms with Gasteiger partial charge in [0.15, 0.2) is 0 Å². The molecule has 0 aromatic carbocycles. The van der Waals surface area contributed by atoms with Crippen LogP contribution in [0.2, 0.25) is 0 Å². The van der Waals surface area contributed by atoms with Gasteiger partial charge in [0.05, 0.1) is 6.61 Å². The lowest BCUT2D eigenvalue weighted by atomic mass is 10.1. The summed E-state index contributed by atoms with van der Waals surface area (Å²) >= 11 is 1.83. The molecule has 0 spiro atoms. The summed E-state index contributed by atoms with van der Waals surface area (Å²) in [6, 6.07) is 4.36. The molecule has 4 heteroatoms. The molecule has 1 aromatic rings. The summed E-state index contributed by atoms with van der Waals surface area (Å²) in [5, 5.41) is 12.5. The van der Waals surface area contributed by atoms with Crippen LogP contribution in [0.1, 0.15) is 30.5 Å². The van der Waals surface area contributed by atoms with Crippen LogP contribution >= 0.6 is 11.3 Å². The molecular formula is C15H26N2OS. The summed E-state index contributed by atoms with van der Waals surface area (Å²) in [7, 11) is 0. The number of aliphatic hydroxyl groups is 1. The van der Waals surface area contributed by atoms with Gasteiger partial charge in [0, 0.05) is 41.5 Å². The Labute approximate surface area is 121 Å². The van der Waals surface area contributed by atoms with E-state index in [1.165, 1.54) is 9.75 Å². The van der Waals surface area contributed by atoms with E-state index in [2.05, 4.69) is 49.7 Å². The van der Waals surface area contributed by atoms with Gasteiger partial charge >= 0.3 is 0 Å². The maximum atomic E-state index is 9.04. The Morgan fingerprint density at radius 1 is 1.37 bits per heavy atom. The number of hydrogen-bond acceptors (Lipinski definition) is 4. The molecule has 0 aliphatic carbocycles. The largest absolute Gasteiger partial charge is 0.395 e. The fourth-order valence-corrected chi connectivity index (χ4v) is 2.73. The number of aliphatic hydroxyl groups excluding tert-OH is 1. The van der Waals surface area contributed by atoms with Crippen LogP contribution in [0.3, 0.4) is 0 Å². The van der Waals surface area contributed by atoms with Crippen LogP contribution in [0.25, 0.3) is 0 Å². The van der Waals surface area contributed by atoms with Crippen molar-refractivity contribution in [3.63, 3.8) is 0 Å². The molecule has 19 heavy (non-hydrogen) atoms. The summed E-state index contributed by atoms with van der Waals surface area (Å²) in [5.41, 5.74) is 0.149. The van der Waals surface area contributed by atoms with Crippen LogP contribution in [0.5, 0.6) is 0 Å². The minimum atomic E-state index is 0.149. The molecule has 108 valence electrons. The first-order valence-electron chi connectivity index (χ1n) is 6.71. The third kappa shape index (κ3) is 6.87. The summed E-state index contributed by atoms with van der Waals surface area (Å²) in [6.07, 6.45) is 1.88. The average molecular weight is 282 g/mol. The molecule has 0 saturated heterocycles. The van der Waals surface area contributed by atoms with Gasteiger partial charge in [-0.1, -0.05) is 6.08 Å². The van der Waals surface area contributed by atoms with Crippen molar-refractivity contribution in [1.82, 2.24) is 10.2 Å². The Morgan fingerprint density at radius 3 is 2.63 bits per heavy atom. The molecule has 0 bridgehead atoms. The Bertz CT molecular complexity index is 382. The topological polar surface area (TPSA) is 35.5 Å². The summed E-state index contributed by atoms with van der Waals surface area (Å²) in [6.45, 7) is 13.8. The fourth-order valence-electron chi connectivity index (χ4n) is 1.73. The standard InChI is InChI=1S/C15H26N2OS/c1-5-8-17(9-10-18)12-14-7-6-13(19-14)11-16-15(2,3)4/h5-7,16,18H,1,8-12H2,2-4H3. The van der Waals surface area contributed by atoms with E-state index in [0.717, 1.165) is 19.6 Å². The zero-order valence-electron chi connectivity index (χ0n) is 12.3. The van der Waals surface area contributed by atoms with Crippen molar-refractivity contribution < 1.29 is 5.11 Å². The third-order valence-corrected chi connectivity index (χ3v) is 3.76. The van der Waals surface area contributed by atoms with Crippen molar-refractivity contribution in [2.24, 2.45) is 0 Å². The van der Waals surface area contributed by atoms with Gasteiger partial charge in [-0.05, 0) is 32.9 Å². The Balaban J connectivity index is 2.51. The molecule has 0 atom stereocenters. The van der Waals surface area contributed by atoms with E-state index in [1.54, 1.807) is 0 Å². The third-order valence-electron chi connectivity index (χ3n) is 2.69. The molecule has 0 aliphatic rings. The zero-order valence-corrected chi connectivity index (χ0v) is 13.1. The number of nitrogens with zero attached hydrogens (tertiary/aromatic N) is 1. The second-order valence-electron chi connectivity index (χ2n) is 5.72. The van der Waals surface area contributed by atoms with Crippen molar-refractivity contribution in [1.29, 1.82) is 0 Å². The van der Waals surface area contributed by atoms with Gasteiger partial charge in [-0.25, -0.2) is 0 Å². The van der Waals surface area contributed by atoms with E-state index in [-0.39, 0.29) is 12.1 Å². The van der Waals surface area contributed by atoms with E-state index in [1.807, 2.05) is 17.4 Å². The van der Waals surface area contributed by atoms with Crippen LogP contribution in [-0.4, -0.2) is 35.2 Å². The van der Waals surface area contributed by atoms with Gasteiger partial charge in [-0.2, -0.15) is 0 Å². The van der Waals surface area contributed by atoms with E-state index < -0.39 is 0 Å². The second-order valence-corrected chi connectivity index (χ2v) is 6.97. The highest BCUT2D eigenvalue weighted by Crippen LogP contribution is 2.19. The van der Waals surface area contributed by atoms with Gasteiger partial charge in [0.1, 0.15) is 0 Å². The van der Waals surface area contributed by atoms with Crippen molar-refractivity contribution in [2.45, 2.75) is 39.4 Å². The first kappa shape index (κ1) is 16.4. The van der Waals surface area contributed by atoms with Gasteiger partial charge in [-0.3, -0.25) is 4.90 Å². The summed E-state index contributed by atoms with van der Waals surface area (Å²) < 4.78 is 0. The molecule has 0 amide bonds. The minimum Gasteiger partial charge on any atom is -0.395 e. The molecular weight excluding hydrogens is 256 g/mol. The van der Waals surface area contributed by atoms with E-state index in [4.69, 9.17) is 5.11 Å². The fraction of sp³-hybridized carbons (Fsp3) is 0.600. The molecule has 0 radical (unpaired) electrons. The zero-order chi connectivity index (χ0) is 14.3. The maximum absolute atomic E-state index is 9.04. The lowest BCUT2D eigenvalue weighted by molar-refractivity contribution is 0.204. The normalized spacial score (nSPS) is 12.1. The molecule has 2 N–H and O–H groups in total. The van der Waals surface area contributed by atoms with E-state index in [0.29, 0.717) is 6.54 Å². The molecule has 3 nitrogen and oxygen atoms in total. The Hall–Kier alpha value is -0.680. The number of thiophene rings is 1. The van der Waals surface area contributed by atoms with Crippen LogP contribution in [-0.2, 0) is 13.1 Å². The monoisotopic (exact) mass is 282 g/mol. The first-order valence-corrected chi connectivity index (χ1v) is 7.53. The van der Waals surface area contributed by atoms with Crippen molar-refractivity contribution in [2.75, 3.05) is 19.7 Å². The Kier molecular flexibility index (Phi) is 6.72. The van der Waals surface area contributed by atoms with Crippen molar-refractivity contribution in [3.8, 4) is 0 Å². The van der Waals surface area contributed by atoms with E-state index >= 15 is 0 Å². The molecule has 1 heterocycles. The maximum Gasteiger partial charge on any atom is 0.0558 e. The van der Waals surface area contributed by atoms with Gasteiger partial charge in [-0.15, -0.1) is 17.9 Å². The molecule has 0 fully saturated rings. The number of hydrogen-bond donors (Lipinski definition) is 2. The van der Waals surface area contributed by atoms with Crippen molar-refractivity contribution >= 4 is 11.3 Å². The van der Waals surface area contributed by atoms with Crippen LogP contribution in [0.4, 0.5) is 0 Å². The lowest BCUT2D eigenvalue weighted by Gasteiger charge is -2.20. The second kappa shape index (κ2) is 7.80. The van der Waals surface area contributed by atoms with Gasteiger partial charge < -0.3 is 10.4 Å². The van der Waals surface area contributed by atoms with Gasteiger partial charge in [0.25, 0.3) is 0 Å². The van der Waals surface area contributed by atoms with Crippen molar-refractivity contribution in [3.05, 3.63) is 34.5 Å². The average Bonchev–Trinajstić information content (AvgIpc) is 2.74. The smallest absolute Gasteiger partial charge is 0.0558 e. The van der Waals surface area contributed by atoms with Gasteiger partial charge in [0.2, 0.25) is 0 Å². The molecule has 1 aromatic heterocycles. The predicted molar refractivity (Wildman–Crippen MR) is 83.5 cm³/mol. The van der Waals surface area contributed by atoms with Crippen LogP contribution in [0.15, 0.2) is 24.8 Å². The molecule has 0 unspecified atom stereocenters. The SMILES string of the molecule is C=CCN(CCO)Cc1ccc(CNC(C)(C)C)s1. The quantitative estimate of drug-likeness (QED) is 0.720. The predicted octanol–water partition coefficient (Wildman–Crippen LogP) is 2.62. The Morgan fingerprint density at radius 2 is 2.05 bits per heavy atom. The highest BCUT2D eigenvalue weighted by atomic mass is 32.1.